The zero-order chi connectivity index (χ0) is 17.4. The van der Waals surface area contributed by atoms with E-state index in [1.165, 1.54) is 18.4 Å². The third-order valence-electron chi connectivity index (χ3n) is 4.50. The van der Waals surface area contributed by atoms with E-state index in [0.717, 1.165) is 31.1 Å². The van der Waals surface area contributed by atoms with Crippen LogP contribution in [0.15, 0.2) is 24.3 Å². The van der Waals surface area contributed by atoms with Gasteiger partial charge in [-0.1, -0.05) is 31.2 Å². The Labute approximate surface area is 143 Å². The maximum atomic E-state index is 11.8. The molecule has 6 nitrogen and oxygen atoms in total. The van der Waals surface area contributed by atoms with Crippen molar-refractivity contribution in [2.45, 2.75) is 32.9 Å². The van der Waals surface area contributed by atoms with E-state index in [2.05, 4.69) is 28.5 Å². The molecular formula is C18H28N4O2. The normalized spacial score (nSPS) is 15.9. The van der Waals surface area contributed by atoms with Crippen LogP contribution < -0.4 is 16.4 Å². The molecule has 24 heavy (non-hydrogen) atoms. The van der Waals surface area contributed by atoms with E-state index in [4.69, 9.17) is 5.73 Å². The van der Waals surface area contributed by atoms with Gasteiger partial charge in [0, 0.05) is 13.1 Å². The Balaban J connectivity index is 1.84. The largest absolute Gasteiger partial charge is 0.350 e. The smallest absolute Gasteiger partial charge is 0.239 e. The summed E-state index contributed by atoms with van der Waals surface area (Å²) in [5, 5.41) is 5.32. The molecule has 1 aliphatic heterocycles. The molecule has 0 bridgehead atoms. The van der Waals surface area contributed by atoms with Crippen LogP contribution in [-0.2, 0) is 22.7 Å². The predicted octanol–water partition coefficient (Wildman–Crippen LogP) is 0.610. The van der Waals surface area contributed by atoms with Gasteiger partial charge in [0.15, 0.2) is 0 Å². The van der Waals surface area contributed by atoms with Gasteiger partial charge in [0.1, 0.15) is 0 Å². The van der Waals surface area contributed by atoms with Gasteiger partial charge in [-0.25, -0.2) is 0 Å². The van der Waals surface area contributed by atoms with Gasteiger partial charge in [-0.3, -0.25) is 14.5 Å². The summed E-state index contributed by atoms with van der Waals surface area (Å²) in [6.07, 6.45) is 2.50. The molecule has 2 rings (SSSR count). The number of nitrogens with two attached hydrogens (primary N) is 1. The monoisotopic (exact) mass is 332 g/mol. The highest BCUT2D eigenvalue weighted by Gasteiger charge is 2.16. The second-order valence-electron chi connectivity index (χ2n) is 6.48. The van der Waals surface area contributed by atoms with Crippen molar-refractivity contribution in [3.8, 4) is 0 Å². The first-order chi connectivity index (χ1) is 11.6. The first-order valence-electron chi connectivity index (χ1n) is 8.61. The fraction of sp³-hybridized carbons (Fsp3) is 0.556. The van der Waals surface area contributed by atoms with Crippen molar-refractivity contribution in [3.05, 3.63) is 35.4 Å². The number of carbonyl (C=O) groups excluding carboxylic acids is 2. The molecule has 6 heteroatoms. The van der Waals surface area contributed by atoms with Gasteiger partial charge >= 0.3 is 0 Å². The van der Waals surface area contributed by atoms with E-state index < -0.39 is 0 Å². The summed E-state index contributed by atoms with van der Waals surface area (Å²) in [5.74, 6) is 0.280. The molecule has 4 N–H and O–H groups in total. The Morgan fingerprint density at radius 2 is 1.79 bits per heavy atom. The van der Waals surface area contributed by atoms with Crippen LogP contribution in [0.5, 0.6) is 0 Å². The van der Waals surface area contributed by atoms with Gasteiger partial charge in [0.05, 0.1) is 13.1 Å². The maximum absolute atomic E-state index is 11.8. The van der Waals surface area contributed by atoms with Crippen LogP contribution in [0.4, 0.5) is 0 Å². The molecule has 1 aromatic carbocycles. The van der Waals surface area contributed by atoms with Gasteiger partial charge < -0.3 is 16.4 Å². The SMILES string of the molecule is CC1CCN(Cc2ccccc2CNC(=O)CNC(=O)CN)CC1. The van der Waals surface area contributed by atoms with Gasteiger partial charge in [-0.15, -0.1) is 0 Å². The second-order valence-corrected chi connectivity index (χ2v) is 6.48. The Kier molecular flexibility index (Phi) is 7.21. The van der Waals surface area contributed by atoms with Crippen LogP contribution in [0.3, 0.4) is 0 Å². The first-order valence-corrected chi connectivity index (χ1v) is 8.61. The predicted molar refractivity (Wildman–Crippen MR) is 94.0 cm³/mol. The fourth-order valence-electron chi connectivity index (χ4n) is 2.85. The van der Waals surface area contributed by atoms with Gasteiger partial charge in [0.2, 0.25) is 11.8 Å². The van der Waals surface area contributed by atoms with Crippen molar-refractivity contribution < 1.29 is 9.59 Å². The number of hydrogen-bond donors (Lipinski definition) is 3. The summed E-state index contributed by atoms with van der Waals surface area (Å²) in [7, 11) is 0. The minimum atomic E-state index is -0.329. The Morgan fingerprint density at radius 1 is 1.12 bits per heavy atom. The van der Waals surface area contributed by atoms with Crippen molar-refractivity contribution in [2.75, 3.05) is 26.2 Å². The van der Waals surface area contributed by atoms with E-state index >= 15 is 0 Å². The number of rotatable bonds is 7. The lowest BCUT2D eigenvalue weighted by molar-refractivity contribution is -0.125. The van der Waals surface area contributed by atoms with Crippen molar-refractivity contribution >= 4 is 11.8 Å². The van der Waals surface area contributed by atoms with Gasteiger partial charge in [-0.2, -0.15) is 0 Å². The summed E-state index contributed by atoms with van der Waals surface area (Å²) >= 11 is 0. The molecule has 0 unspecified atom stereocenters. The number of carbonyl (C=O) groups is 2. The van der Waals surface area contributed by atoms with Crippen molar-refractivity contribution in [3.63, 3.8) is 0 Å². The van der Waals surface area contributed by atoms with Gasteiger partial charge in [-0.05, 0) is 43.0 Å². The molecule has 1 saturated heterocycles. The lowest BCUT2D eigenvalue weighted by Gasteiger charge is -2.30. The molecule has 0 aliphatic carbocycles. The molecule has 1 fully saturated rings. The lowest BCUT2D eigenvalue weighted by atomic mass is 9.98. The Bertz CT molecular complexity index is 554. The fourth-order valence-corrected chi connectivity index (χ4v) is 2.85. The minimum Gasteiger partial charge on any atom is -0.350 e. The number of hydrogen-bond acceptors (Lipinski definition) is 4. The third-order valence-corrected chi connectivity index (χ3v) is 4.50. The maximum Gasteiger partial charge on any atom is 0.239 e. The van der Waals surface area contributed by atoms with Crippen LogP contribution in [-0.4, -0.2) is 42.9 Å². The molecule has 1 heterocycles. The molecule has 2 amide bonds. The molecule has 0 saturated carbocycles. The third kappa shape index (κ3) is 5.94. The average molecular weight is 332 g/mol. The summed E-state index contributed by atoms with van der Waals surface area (Å²) in [6.45, 7) is 5.82. The lowest BCUT2D eigenvalue weighted by Crippen LogP contribution is -2.39. The Morgan fingerprint density at radius 3 is 2.46 bits per heavy atom. The summed E-state index contributed by atoms with van der Waals surface area (Å²) in [5.41, 5.74) is 7.56. The standard InChI is InChI=1S/C18H28N4O2/c1-14-6-8-22(9-7-14)13-16-5-3-2-4-15(16)11-20-18(24)12-21-17(23)10-19/h2-5,14H,6-13,19H2,1H3,(H,20,24)(H,21,23). The molecule has 132 valence electrons. The zero-order valence-corrected chi connectivity index (χ0v) is 14.4. The number of nitrogens with zero attached hydrogens (tertiary/aromatic N) is 1. The quantitative estimate of drug-likeness (QED) is 0.683. The molecule has 0 atom stereocenters. The van der Waals surface area contributed by atoms with Crippen LogP contribution in [0.2, 0.25) is 0 Å². The highest BCUT2D eigenvalue weighted by Crippen LogP contribution is 2.19. The van der Waals surface area contributed by atoms with Crippen LogP contribution in [0.25, 0.3) is 0 Å². The van der Waals surface area contributed by atoms with E-state index in [-0.39, 0.29) is 24.9 Å². The van der Waals surface area contributed by atoms with Crippen LogP contribution in [0, 0.1) is 5.92 Å². The molecule has 1 aromatic rings. The van der Waals surface area contributed by atoms with Crippen LogP contribution in [0.1, 0.15) is 30.9 Å². The molecule has 1 aliphatic rings. The Hall–Kier alpha value is -1.92. The highest BCUT2D eigenvalue weighted by molar-refractivity contribution is 5.85. The number of piperidine rings is 1. The topological polar surface area (TPSA) is 87.5 Å². The van der Waals surface area contributed by atoms with E-state index in [0.29, 0.717) is 6.54 Å². The number of likely N-dealkylation sites (tertiary alicyclic amines) is 1. The molecule has 0 radical (unpaired) electrons. The van der Waals surface area contributed by atoms with Gasteiger partial charge in [0.25, 0.3) is 0 Å². The molecular weight excluding hydrogens is 304 g/mol. The van der Waals surface area contributed by atoms with E-state index in [1.54, 1.807) is 0 Å². The summed E-state index contributed by atoms with van der Waals surface area (Å²) in [6, 6.07) is 8.19. The number of benzene rings is 1. The molecule has 0 aromatic heterocycles. The zero-order valence-electron chi connectivity index (χ0n) is 14.4. The van der Waals surface area contributed by atoms with E-state index in [1.807, 2.05) is 18.2 Å². The van der Waals surface area contributed by atoms with Crippen molar-refractivity contribution in [1.29, 1.82) is 0 Å². The summed E-state index contributed by atoms with van der Waals surface area (Å²) < 4.78 is 0. The first kappa shape index (κ1) is 18.4. The average Bonchev–Trinajstić information content (AvgIpc) is 2.60. The molecule has 0 spiro atoms. The summed E-state index contributed by atoms with van der Waals surface area (Å²) in [4.78, 5) is 25.3. The highest BCUT2D eigenvalue weighted by atomic mass is 16.2. The minimum absolute atomic E-state index is 0.0395. The number of nitrogens with one attached hydrogen (secondary N) is 2. The number of amides is 2. The van der Waals surface area contributed by atoms with Crippen LogP contribution >= 0.6 is 0 Å². The van der Waals surface area contributed by atoms with E-state index in [9.17, 15) is 9.59 Å². The second kappa shape index (κ2) is 9.39. The van der Waals surface area contributed by atoms with Crippen molar-refractivity contribution in [1.82, 2.24) is 15.5 Å². The van der Waals surface area contributed by atoms with Crippen molar-refractivity contribution in [2.24, 2.45) is 11.7 Å².